The molecule has 82 valence electrons. The summed E-state index contributed by atoms with van der Waals surface area (Å²) in [5, 5.41) is 0. The van der Waals surface area contributed by atoms with Gasteiger partial charge in [-0.1, -0.05) is 13.8 Å². The van der Waals surface area contributed by atoms with Crippen LogP contribution in [0.2, 0.25) is 0 Å². The van der Waals surface area contributed by atoms with Gasteiger partial charge < -0.3 is 4.74 Å². The molecule has 1 heterocycles. The van der Waals surface area contributed by atoms with Gasteiger partial charge in [0.25, 0.3) is 5.79 Å². The lowest BCUT2D eigenvalue weighted by molar-refractivity contribution is -0.357. The minimum absolute atomic E-state index is 0.137. The maximum absolute atomic E-state index is 11.5. The van der Waals surface area contributed by atoms with Gasteiger partial charge in [0.1, 0.15) is 0 Å². The molecule has 0 aromatic carbocycles. The highest BCUT2D eigenvalue weighted by Crippen LogP contribution is 2.30. The van der Waals surface area contributed by atoms with Crippen molar-refractivity contribution in [3.8, 4) is 0 Å². The first-order valence-electron chi connectivity index (χ1n) is 4.85. The van der Waals surface area contributed by atoms with Crippen LogP contribution in [-0.2, 0) is 24.0 Å². The monoisotopic (exact) mass is 204 g/mol. The van der Waals surface area contributed by atoms with Crippen molar-refractivity contribution in [2.45, 2.75) is 45.9 Å². The quantitative estimate of drug-likeness (QED) is 0.633. The van der Waals surface area contributed by atoms with Gasteiger partial charge in [-0.15, -0.1) is 0 Å². The minimum atomic E-state index is -1.27. The van der Waals surface area contributed by atoms with Crippen molar-refractivity contribution in [2.75, 3.05) is 6.61 Å². The zero-order valence-corrected chi connectivity index (χ0v) is 8.74. The Morgan fingerprint density at radius 3 is 2.64 bits per heavy atom. The Morgan fingerprint density at radius 1 is 1.43 bits per heavy atom. The van der Waals surface area contributed by atoms with Crippen LogP contribution < -0.4 is 0 Å². The molecule has 0 saturated carbocycles. The van der Waals surface area contributed by atoms with Crippen molar-refractivity contribution in [3.63, 3.8) is 0 Å². The van der Waals surface area contributed by atoms with E-state index in [1.165, 1.54) is 0 Å². The zero-order chi connectivity index (χ0) is 10.6. The normalized spacial score (nSPS) is 32.1. The summed E-state index contributed by atoms with van der Waals surface area (Å²) >= 11 is 0. The summed E-state index contributed by atoms with van der Waals surface area (Å²) < 4.78 is 10.3. The van der Waals surface area contributed by atoms with E-state index in [2.05, 4.69) is 0 Å². The molecule has 0 aromatic heterocycles. The molecule has 14 heavy (non-hydrogen) atoms. The van der Waals surface area contributed by atoms with Crippen molar-refractivity contribution in [2.24, 2.45) is 0 Å². The van der Waals surface area contributed by atoms with Crippen molar-refractivity contribution >= 4 is 5.78 Å². The molecule has 0 amide bonds. The molecule has 0 radical (unpaired) electrons. The van der Waals surface area contributed by atoms with E-state index in [0.717, 1.165) is 0 Å². The van der Waals surface area contributed by atoms with Crippen LogP contribution in [0.15, 0.2) is 0 Å². The Kier molecular flexibility index (Phi) is 4.00. The molecule has 2 atom stereocenters. The third-order valence-electron chi connectivity index (χ3n) is 2.06. The topological polar surface area (TPSA) is 54.0 Å². The molecule has 0 aliphatic carbocycles. The predicted octanol–water partition coefficient (Wildman–Crippen LogP) is 1.37. The minimum Gasteiger partial charge on any atom is -0.328 e. The van der Waals surface area contributed by atoms with Crippen LogP contribution in [0.3, 0.4) is 0 Å². The first-order valence-corrected chi connectivity index (χ1v) is 4.85. The summed E-state index contributed by atoms with van der Waals surface area (Å²) in [6, 6.07) is 0. The van der Waals surface area contributed by atoms with E-state index >= 15 is 0 Å². The molecule has 5 heteroatoms. The highest BCUT2D eigenvalue weighted by Gasteiger charge is 2.48. The van der Waals surface area contributed by atoms with Gasteiger partial charge in [-0.05, 0) is 6.92 Å². The second kappa shape index (κ2) is 4.84. The van der Waals surface area contributed by atoms with Gasteiger partial charge in [-0.2, -0.15) is 9.78 Å². The molecule has 1 aliphatic rings. The Labute approximate surface area is 83.2 Å². The van der Waals surface area contributed by atoms with E-state index in [-0.39, 0.29) is 5.78 Å². The van der Waals surface area contributed by atoms with Gasteiger partial charge in [-0.25, -0.2) is 0 Å². The first kappa shape index (κ1) is 11.6. The number of ketones is 1. The average molecular weight is 204 g/mol. The van der Waals surface area contributed by atoms with Crippen molar-refractivity contribution < 1.29 is 24.0 Å². The average Bonchev–Trinajstić information content (AvgIpc) is 2.62. The molecule has 1 saturated heterocycles. The van der Waals surface area contributed by atoms with E-state index in [1.54, 1.807) is 20.8 Å². The molecule has 1 rings (SSSR count). The van der Waals surface area contributed by atoms with Crippen LogP contribution in [0.25, 0.3) is 0 Å². The van der Waals surface area contributed by atoms with E-state index in [9.17, 15) is 4.79 Å². The van der Waals surface area contributed by atoms with Gasteiger partial charge in [0.05, 0.1) is 0 Å². The van der Waals surface area contributed by atoms with Crippen LogP contribution in [0.5, 0.6) is 0 Å². The van der Waals surface area contributed by atoms with E-state index < -0.39 is 12.3 Å². The molecular weight excluding hydrogens is 188 g/mol. The number of hydrogen-bond donors (Lipinski definition) is 0. The van der Waals surface area contributed by atoms with Crippen molar-refractivity contribution in [1.82, 2.24) is 0 Å². The van der Waals surface area contributed by atoms with Gasteiger partial charge in [-0.3, -0.25) is 9.53 Å². The molecule has 2 unspecified atom stereocenters. The molecule has 0 spiro atoms. The van der Waals surface area contributed by atoms with Crippen molar-refractivity contribution in [3.05, 3.63) is 0 Å². The summed E-state index contributed by atoms with van der Waals surface area (Å²) in [5.41, 5.74) is 0. The van der Waals surface area contributed by atoms with Gasteiger partial charge in [0, 0.05) is 19.4 Å². The Hall–Kier alpha value is -0.490. The van der Waals surface area contributed by atoms with Crippen LogP contribution in [0.1, 0.15) is 33.6 Å². The third kappa shape index (κ3) is 2.12. The zero-order valence-electron chi connectivity index (χ0n) is 8.74. The van der Waals surface area contributed by atoms with Gasteiger partial charge >= 0.3 is 6.48 Å². The fraction of sp³-hybridized carbons (Fsp3) is 0.889. The summed E-state index contributed by atoms with van der Waals surface area (Å²) in [4.78, 5) is 21.2. The standard InChI is InChI=1S/C9H16O5/c1-4-7(10)9(5-2)12-8(11-6-3)13-14-9/h8H,4-6H2,1-3H3. The second-order valence-electron chi connectivity index (χ2n) is 2.92. The fourth-order valence-electron chi connectivity index (χ4n) is 1.23. The largest absolute Gasteiger partial charge is 0.328 e. The predicted molar refractivity (Wildman–Crippen MR) is 47.0 cm³/mol. The lowest BCUT2D eigenvalue weighted by Gasteiger charge is -2.20. The van der Waals surface area contributed by atoms with Crippen LogP contribution in [0.4, 0.5) is 0 Å². The van der Waals surface area contributed by atoms with E-state index in [0.29, 0.717) is 19.4 Å². The summed E-state index contributed by atoms with van der Waals surface area (Å²) in [6.45, 7) is 4.90. The van der Waals surface area contributed by atoms with E-state index in [1.807, 2.05) is 0 Å². The number of Topliss-reactive ketones (excluding diaryl/α,β-unsaturated/α-hetero) is 1. The molecule has 0 bridgehead atoms. The lowest BCUT2D eigenvalue weighted by Crippen LogP contribution is -2.39. The van der Waals surface area contributed by atoms with Crippen LogP contribution in [-0.4, -0.2) is 24.7 Å². The number of carbonyl (C=O) groups is 1. The molecule has 0 aromatic rings. The first-order chi connectivity index (χ1) is 6.68. The smallest absolute Gasteiger partial charge is 0.304 e. The van der Waals surface area contributed by atoms with Crippen LogP contribution >= 0.6 is 0 Å². The van der Waals surface area contributed by atoms with Gasteiger partial charge in [0.2, 0.25) is 0 Å². The molecule has 1 fully saturated rings. The van der Waals surface area contributed by atoms with Gasteiger partial charge in [0.15, 0.2) is 5.78 Å². The number of hydrogen-bond acceptors (Lipinski definition) is 5. The maximum Gasteiger partial charge on any atom is 0.304 e. The SMILES string of the molecule is CCOC1OOC(CC)(C(=O)CC)O1. The molecule has 5 nitrogen and oxygen atoms in total. The Bertz CT molecular complexity index is 205. The highest BCUT2D eigenvalue weighted by molar-refractivity contribution is 5.85. The Balaban J connectivity index is 2.61. The number of rotatable bonds is 5. The summed E-state index contributed by atoms with van der Waals surface area (Å²) in [5.74, 6) is -1.41. The van der Waals surface area contributed by atoms with Crippen molar-refractivity contribution in [1.29, 1.82) is 0 Å². The fourth-order valence-corrected chi connectivity index (χ4v) is 1.23. The lowest BCUT2D eigenvalue weighted by atomic mass is 10.1. The van der Waals surface area contributed by atoms with Crippen LogP contribution in [0, 0.1) is 0 Å². The third-order valence-corrected chi connectivity index (χ3v) is 2.06. The van der Waals surface area contributed by atoms with E-state index in [4.69, 9.17) is 19.2 Å². The highest BCUT2D eigenvalue weighted by atomic mass is 17.3. The number of ether oxygens (including phenoxy) is 2. The maximum atomic E-state index is 11.5. The second-order valence-corrected chi connectivity index (χ2v) is 2.92. The summed E-state index contributed by atoms with van der Waals surface area (Å²) in [7, 11) is 0. The Morgan fingerprint density at radius 2 is 2.14 bits per heavy atom. The molecule has 1 aliphatic heterocycles. The molecule has 0 N–H and O–H groups in total. The molecular formula is C9H16O5. The number of carbonyl (C=O) groups excluding carboxylic acids is 1. The summed E-state index contributed by atoms with van der Waals surface area (Å²) in [6.07, 6.45) is 0.749.